The van der Waals surface area contributed by atoms with Crippen LogP contribution in [0.15, 0.2) is 42.5 Å². The van der Waals surface area contributed by atoms with Gasteiger partial charge in [-0.3, -0.25) is 9.59 Å². The molecule has 0 spiro atoms. The molecule has 2 aromatic rings. The second-order valence-corrected chi connectivity index (χ2v) is 8.04. The van der Waals surface area contributed by atoms with E-state index < -0.39 is 0 Å². The fraction of sp³-hybridized carbons (Fsp3) is 0.417. The zero-order chi connectivity index (χ0) is 21.1. The molecule has 2 aliphatic rings. The van der Waals surface area contributed by atoms with Crippen molar-refractivity contribution < 1.29 is 14.3 Å². The van der Waals surface area contributed by atoms with Crippen LogP contribution in [0.3, 0.4) is 0 Å². The lowest BCUT2D eigenvalue weighted by Gasteiger charge is -2.36. The maximum Gasteiger partial charge on any atom is 0.256 e. The van der Waals surface area contributed by atoms with Gasteiger partial charge >= 0.3 is 0 Å². The molecule has 0 aliphatic carbocycles. The Morgan fingerprint density at radius 3 is 2.37 bits per heavy atom. The zero-order valence-corrected chi connectivity index (χ0v) is 17.7. The van der Waals surface area contributed by atoms with Crippen LogP contribution in [-0.4, -0.2) is 60.5 Å². The molecule has 4 rings (SSSR count). The quantitative estimate of drug-likeness (QED) is 0.843. The molecule has 30 heavy (non-hydrogen) atoms. The lowest BCUT2D eigenvalue weighted by molar-refractivity contribution is -0.142. The fourth-order valence-electron chi connectivity index (χ4n) is 4.09. The number of carbonyl (C=O) groups excluding carboxylic acids is 2. The van der Waals surface area contributed by atoms with Crippen LogP contribution in [-0.2, 0) is 9.53 Å². The largest absolute Gasteiger partial charge is 0.368 e. The van der Waals surface area contributed by atoms with E-state index in [0.29, 0.717) is 38.3 Å². The van der Waals surface area contributed by atoms with Crippen LogP contribution in [0.5, 0.6) is 0 Å². The number of benzene rings is 2. The van der Waals surface area contributed by atoms with Gasteiger partial charge in [0.15, 0.2) is 0 Å². The molecule has 0 saturated carbocycles. The third-order valence-corrected chi connectivity index (χ3v) is 6.12. The third kappa shape index (κ3) is 4.19. The average Bonchev–Trinajstić information content (AvgIpc) is 3.31. The number of rotatable bonds is 4. The number of para-hydroxylation sites is 1. The average molecular weight is 408 g/mol. The van der Waals surface area contributed by atoms with Crippen LogP contribution in [0.4, 0.5) is 11.4 Å². The number of hydrogen-bond donors (Lipinski definition) is 1. The van der Waals surface area contributed by atoms with Crippen molar-refractivity contribution in [3.8, 4) is 0 Å². The molecule has 1 atom stereocenters. The van der Waals surface area contributed by atoms with Crippen molar-refractivity contribution in [1.82, 2.24) is 9.80 Å². The minimum absolute atomic E-state index is 0.00683. The van der Waals surface area contributed by atoms with Gasteiger partial charge in [-0.1, -0.05) is 24.3 Å². The second-order valence-electron chi connectivity index (χ2n) is 8.04. The Balaban J connectivity index is 1.44. The van der Waals surface area contributed by atoms with Gasteiger partial charge in [-0.05, 0) is 56.0 Å². The van der Waals surface area contributed by atoms with Crippen LogP contribution in [0.1, 0.15) is 34.3 Å². The number of carbonyl (C=O) groups is 2. The highest BCUT2D eigenvalue weighted by atomic mass is 16.5. The van der Waals surface area contributed by atoms with Gasteiger partial charge in [0.25, 0.3) is 11.8 Å². The smallest absolute Gasteiger partial charge is 0.256 e. The first-order chi connectivity index (χ1) is 14.5. The van der Waals surface area contributed by atoms with Crippen LogP contribution in [0, 0.1) is 13.8 Å². The Hall–Kier alpha value is -2.86. The van der Waals surface area contributed by atoms with Crippen LogP contribution in [0.25, 0.3) is 0 Å². The Kier molecular flexibility index (Phi) is 6.04. The monoisotopic (exact) mass is 407 g/mol. The van der Waals surface area contributed by atoms with Crippen molar-refractivity contribution in [2.45, 2.75) is 32.8 Å². The van der Waals surface area contributed by atoms with Crippen LogP contribution < -0.4 is 5.32 Å². The van der Waals surface area contributed by atoms with Gasteiger partial charge in [-0.15, -0.1) is 0 Å². The summed E-state index contributed by atoms with van der Waals surface area (Å²) in [7, 11) is 0. The van der Waals surface area contributed by atoms with E-state index >= 15 is 0 Å². The van der Waals surface area contributed by atoms with Gasteiger partial charge in [-0.2, -0.15) is 0 Å². The Bertz CT molecular complexity index is 929. The normalized spacial score (nSPS) is 19.1. The predicted octanol–water partition coefficient (Wildman–Crippen LogP) is 3.51. The summed E-state index contributed by atoms with van der Waals surface area (Å²) < 4.78 is 5.52. The van der Waals surface area contributed by atoms with Crippen molar-refractivity contribution in [1.29, 1.82) is 0 Å². The highest BCUT2D eigenvalue weighted by molar-refractivity contribution is 6.00. The first kappa shape index (κ1) is 20.4. The van der Waals surface area contributed by atoms with Gasteiger partial charge in [-0.25, -0.2) is 0 Å². The van der Waals surface area contributed by atoms with E-state index in [2.05, 4.69) is 25.2 Å². The molecule has 0 unspecified atom stereocenters. The molecular formula is C24H29N3O3. The molecule has 2 heterocycles. The van der Waals surface area contributed by atoms with Crippen molar-refractivity contribution in [2.75, 3.05) is 38.1 Å². The number of anilines is 2. The minimum Gasteiger partial charge on any atom is -0.368 e. The van der Waals surface area contributed by atoms with Gasteiger partial charge < -0.3 is 19.9 Å². The predicted molar refractivity (Wildman–Crippen MR) is 117 cm³/mol. The fourth-order valence-corrected chi connectivity index (χ4v) is 4.09. The van der Waals surface area contributed by atoms with E-state index in [1.54, 1.807) is 0 Å². The van der Waals surface area contributed by atoms with E-state index in [4.69, 9.17) is 4.74 Å². The number of hydrogen-bond acceptors (Lipinski definition) is 4. The lowest BCUT2D eigenvalue weighted by atomic mass is 10.1. The third-order valence-electron chi connectivity index (χ3n) is 6.12. The summed E-state index contributed by atoms with van der Waals surface area (Å²) in [5.74, 6) is 0.0595. The number of piperazine rings is 1. The Morgan fingerprint density at radius 1 is 0.933 bits per heavy atom. The van der Waals surface area contributed by atoms with Gasteiger partial charge in [0.2, 0.25) is 0 Å². The van der Waals surface area contributed by atoms with Gasteiger partial charge in [0.05, 0.1) is 11.3 Å². The second kappa shape index (κ2) is 8.88. The zero-order valence-electron chi connectivity index (χ0n) is 17.7. The summed E-state index contributed by atoms with van der Waals surface area (Å²) in [5.41, 5.74) is 4.82. The number of aryl methyl sites for hydroxylation is 1. The Morgan fingerprint density at radius 2 is 1.63 bits per heavy atom. The molecule has 0 bridgehead atoms. The highest BCUT2D eigenvalue weighted by Crippen LogP contribution is 2.26. The molecule has 0 radical (unpaired) electrons. The molecule has 2 fully saturated rings. The molecule has 2 aromatic carbocycles. The lowest BCUT2D eigenvalue weighted by Crippen LogP contribution is -2.52. The topological polar surface area (TPSA) is 61.9 Å². The molecule has 158 valence electrons. The van der Waals surface area contributed by atoms with E-state index in [1.165, 1.54) is 11.1 Å². The highest BCUT2D eigenvalue weighted by Gasteiger charge is 2.31. The van der Waals surface area contributed by atoms with E-state index in [0.717, 1.165) is 24.2 Å². The van der Waals surface area contributed by atoms with Crippen LogP contribution in [0.2, 0.25) is 0 Å². The molecule has 2 saturated heterocycles. The van der Waals surface area contributed by atoms with Crippen molar-refractivity contribution >= 4 is 23.2 Å². The maximum atomic E-state index is 13.3. The number of nitrogens with one attached hydrogen (secondary N) is 1. The summed E-state index contributed by atoms with van der Waals surface area (Å²) in [5, 5.41) is 3.44. The molecule has 2 amide bonds. The molecule has 0 aromatic heterocycles. The van der Waals surface area contributed by atoms with Crippen molar-refractivity contribution in [2.24, 2.45) is 0 Å². The first-order valence-electron chi connectivity index (χ1n) is 10.7. The minimum atomic E-state index is -0.297. The van der Waals surface area contributed by atoms with E-state index in [9.17, 15) is 9.59 Å². The first-order valence-corrected chi connectivity index (χ1v) is 10.7. The van der Waals surface area contributed by atoms with Crippen molar-refractivity contribution in [3.63, 3.8) is 0 Å². The number of amides is 2. The van der Waals surface area contributed by atoms with Crippen LogP contribution >= 0.6 is 0 Å². The Labute approximate surface area is 177 Å². The van der Waals surface area contributed by atoms with Gasteiger partial charge in [0, 0.05) is 38.5 Å². The SMILES string of the molecule is Cc1cccc(Nc2ccccc2C(=O)N2CCN(C(=O)[C@@H]3CCCO3)CC2)c1C. The molecule has 1 N–H and O–H groups in total. The standard InChI is InChI=1S/C24H29N3O3/c1-17-7-5-10-20(18(17)2)25-21-9-4-3-8-19(21)23(28)26-12-14-27(15-13-26)24(29)22-11-6-16-30-22/h3-5,7-10,22,25H,6,11-16H2,1-2H3/t22-/m0/s1. The summed E-state index contributed by atoms with van der Waals surface area (Å²) >= 11 is 0. The number of ether oxygens (including phenoxy) is 1. The van der Waals surface area contributed by atoms with E-state index in [1.807, 2.05) is 46.2 Å². The molecular weight excluding hydrogens is 378 g/mol. The molecule has 2 aliphatic heterocycles. The summed E-state index contributed by atoms with van der Waals surface area (Å²) in [6.45, 7) is 7.00. The summed E-state index contributed by atoms with van der Waals surface area (Å²) in [6, 6.07) is 13.7. The summed E-state index contributed by atoms with van der Waals surface area (Å²) in [6.07, 6.45) is 1.45. The summed E-state index contributed by atoms with van der Waals surface area (Å²) in [4.78, 5) is 29.5. The van der Waals surface area contributed by atoms with Crippen molar-refractivity contribution in [3.05, 3.63) is 59.2 Å². The number of nitrogens with zero attached hydrogens (tertiary/aromatic N) is 2. The molecule has 6 nitrogen and oxygen atoms in total. The van der Waals surface area contributed by atoms with Gasteiger partial charge in [0.1, 0.15) is 6.10 Å². The molecule has 6 heteroatoms. The van der Waals surface area contributed by atoms with E-state index in [-0.39, 0.29) is 17.9 Å². The maximum absolute atomic E-state index is 13.3.